The van der Waals surface area contributed by atoms with E-state index in [0.29, 0.717) is 17.0 Å². The van der Waals surface area contributed by atoms with Crippen LogP contribution in [0, 0.1) is 6.92 Å². The van der Waals surface area contributed by atoms with E-state index in [-0.39, 0.29) is 5.56 Å². The molecule has 2 aromatic carbocycles. The first kappa shape index (κ1) is 12.4. The molecule has 0 fully saturated rings. The van der Waals surface area contributed by atoms with E-state index in [9.17, 15) is 4.79 Å². The number of aromatic amines is 1. The number of rotatable bonds is 2. The van der Waals surface area contributed by atoms with Crippen LogP contribution in [-0.2, 0) is 0 Å². The lowest BCUT2D eigenvalue weighted by Gasteiger charge is -2.05. The summed E-state index contributed by atoms with van der Waals surface area (Å²) in [5.41, 5.74) is 3.61. The van der Waals surface area contributed by atoms with E-state index in [1.807, 2.05) is 43.3 Å². The van der Waals surface area contributed by atoms with Crippen molar-refractivity contribution in [3.8, 4) is 17.0 Å². The van der Waals surface area contributed by atoms with Gasteiger partial charge >= 0.3 is 0 Å². The Morgan fingerprint density at radius 3 is 2.55 bits per heavy atom. The van der Waals surface area contributed by atoms with Gasteiger partial charge in [0.05, 0.1) is 18.1 Å². The van der Waals surface area contributed by atoms with Crippen LogP contribution in [-0.4, -0.2) is 17.1 Å². The Bertz CT molecular complexity index is 820. The first-order chi connectivity index (χ1) is 9.67. The van der Waals surface area contributed by atoms with Gasteiger partial charge in [-0.15, -0.1) is 0 Å². The highest BCUT2D eigenvalue weighted by atomic mass is 16.5. The fraction of sp³-hybridized carbons (Fsp3) is 0.125. The molecule has 0 bridgehead atoms. The Morgan fingerprint density at radius 2 is 1.85 bits per heavy atom. The van der Waals surface area contributed by atoms with Crippen LogP contribution in [0.2, 0.25) is 0 Å². The maximum atomic E-state index is 12.2. The van der Waals surface area contributed by atoms with Gasteiger partial charge < -0.3 is 9.72 Å². The first-order valence-electron chi connectivity index (χ1n) is 6.32. The SMILES string of the molecule is COc1ccc2nc(-c3ccc(C)cc3)c(=O)[nH]c2c1. The van der Waals surface area contributed by atoms with E-state index >= 15 is 0 Å². The summed E-state index contributed by atoms with van der Waals surface area (Å²) in [7, 11) is 1.59. The Kier molecular flexibility index (Phi) is 2.99. The predicted molar refractivity (Wildman–Crippen MR) is 79.1 cm³/mol. The lowest BCUT2D eigenvalue weighted by atomic mass is 10.1. The number of fused-ring (bicyclic) bond motifs is 1. The normalized spacial score (nSPS) is 10.7. The minimum Gasteiger partial charge on any atom is -0.497 e. The van der Waals surface area contributed by atoms with E-state index in [2.05, 4.69) is 9.97 Å². The molecule has 1 heterocycles. The van der Waals surface area contributed by atoms with Crippen LogP contribution in [0.3, 0.4) is 0 Å². The third kappa shape index (κ3) is 2.16. The molecule has 0 aliphatic rings. The number of benzene rings is 2. The van der Waals surface area contributed by atoms with Crippen LogP contribution in [0.4, 0.5) is 0 Å². The number of aryl methyl sites for hydroxylation is 1. The summed E-state index contributed by atoms with van der Waals surface area (Å²) in [6.45, 7) is 2.01. The van der Waals surface area contributed by atoms with Gasteiger partial charge in [-0.2, -0.15) is 0 Å². The van der Waals surface area contributed by atoms with Gasteiger partial charge in [0.1, 0.15) is 11.4 Å². The zero-order chi connectivity index (χ0) is 14.1. The van der Waals surface area contributed by atoms with Crippen molar-refractivity contribution >= 4 is 11.0 Å². The lowest BCUT2D eigenvalue weighted by Crippen LogP contribution is -2.11. The number of H-pyrrole nitrogens is 1. The van der Waals surface area contributed by atoms with Gasteiger partial charge in [-0.3, -0.25) is 4.79 Å². The minimum atomic E-state index is -0.199. The van der Waals surface area contributed by atoms with E-state index < -0.39 is 0 Å². The Morgan fingerprint density at radius 1 is 1.10 bits per heavy atom. The molecule has 0 aliphatic carbocycles. The minimum absolute atomic E-state index is 0.199. The van der Waals surface area contributed by atoms with Crippen molar-refractivity contribution in [2.24, 2.45) is 0 Å². The molecule has 4 nitrogen and oxygen atoms in total. The molecule has 0 atom stereocenters. The Hall–Kier alpha value is -2.62. The van der Waals surface area contributed by atoms with Gasteiger partial charge in [-0.1, -0.05) is 29.8 Å². The number of hydrogen-bond acceptors (Lipinski definition) is 3. The van der Waals surface area contributed by atoms with Gasteiger partial charge in [0.15, 0.2) is 0 Å². The van der Waals surface area contributed by atoms with Gasteiger partial charge in [-0.05, 0) is 19.1 Å². The standard InChI is InChI=1S/C16H14N2O2/c1-10-3-5-11(6-4-10)15-16(19)18-14-9-12(20-2)7-8-13(14)17-15/h3-9H,1-2H3,(H,18,19). The molecule has 100 valence electrons. The number of nitrogens with one attached hydrogen (secondary N) is 1. The van der Waals surface area contributed by atoms with Crippen LogP contribution in [0.15, 0.2) is 47.3 Å². The fourth-order valence-corrected chi connectivity index (χ4v) is 2.10. The smallest absolute Gasteiger partial charge is 0.274 e. The summed E-state index contributed by atoms with van der Waals surface area (Å²) >= 11 is 0. The van der Waals surface area contributed by atoms with Gasteiger partial charge in [-0.25, -0.2) is 4.98 Å². The van der Waals surface area contributed by atoms with Crippen LogP contribution < -0.4 is 10.3 Å². The molecule has 3 rings (SSSR count). The van der Waals surface area contributed by atoms with E-state index in [0.717, 1.165) is 16.6 Å². The summed E-state index contributed by atoms with van der Waals surface area (Å²) in [5.74, 6) is 0.693. The zero-order valence-corrected chi connectivity index (χ0v) is 11.3. The van der Waals surface area contributed by atoms with Crippen molar-refractivity contribution in [3.05, 3.63) is 58.4 Å². The molecule has 1 N–H and O–H groups in total. The highest BCUT2D eigenvalue weighted by Gasteiger charge is 2.08. The molecule has 0 saturated heterocycles. The summed E-state index contributed by atoms with van der Waals surface area (Å²) < 4.78 is 5.14. The second-order valence-electron chi connectivity index (χ2n) is 4.66. The van der Waals surface area contributed by atoms with Gasteiger partial charge in [0, 0.05) is 11.6 Å². The van der Waals surface area contributed by atoms with Crippen LogP contribution >= 0.6 is 0 Å². The monoisotopic (exact) mass is 266 g/mol. The second kappa shape index (κ2) is 4.81. The third-order valence-corrected chi connectivity index (χ3v) is 3.22. The van der Waals surface area contributed by atoms with Crippen LogP contribution in [0.1, 0.15) is 5.56 Å². The highest BCUT2D eigenvalue weighted by Crippen LogP contribution is 2.20. The Labute approximate surface area is 116 Å². The average Bonchev–Trinajstić information content (AvgIpc) is 2.47. The van der Waals surface area contributed by atoms with E-state index in [1.54, 1.807) is 13.2 Å². The maximum Gasteiger partial charge on any atom is 0.274 e. The van der Waals surface area contributed by atoms with Crippen molar-refractivity contribution < 1.29 is 4.74 Å². The van der Waals surface area contributed by atoms with Crippen LogP contribution in [0.25, 0.3) is 22.3 Å². The largest absolute Gasteiger partial charge is 0.497 e. The van der Waals surface area contributed by atoms with Crippen molar-refractivity contribution in [2.45, 2.75) is 6.92 Å². The summed E-state index contributed by atoms with van der Waals surface area (Å²) in [6.07, 6.45) is 0. The number of nitrogens with zero attached hydrogens (tertiary/aromatic N) is 1. The van der Waals surface area contributed by atoms with Crippen molar-refractivity contribution in [3.63, 3.8) is 0 Å². The van der Waals surface area contributed by atoms with Crippen molar-refractivity contribution in [2.75, 3.05) is 7.11 Å². The summed E-state index contributed by atoms with van der Waals surface area (Å²) in [6, 6.07) is 13.2. The number of ether oxygens (including phenoxy) is 1. The Balaban J connectivity index is 2.20. The lowest BCUT2D eigenvalue weighted by molar-refractivity contribution is 0.415. The van der Waals surface area contributed by atoms with Crippen LogP contribution in [0.5, 0.6) is 5.75 Å². The van der Waals surface area contributed by atoms with Crippen molar-refractivity contribution in [1.82, 2.24) is 9.97 Å². The van der Waals surface area contributed by atoms with Crippen molar-refractivity contribution in [1.29, 1.82) is 0 Å². The average molecular weight is 266 g/mol. The molecular weight excluding hydrogens is 252 g/mol. The predicted octanol–water partition coefficient (Wildman–Crippen LogP) is 2.91. The topological polar surface area (TPSA) is 55.0 Å². The maximum absolute atomic E-state index is 12.2. The molecular formula is C16H14N2O2. The second-order valence-corrected chi connectivity index (χ2v) is 4.66. The molecule has 0 unspecified atom stereocenters. The molecule has 1 aromatic heterocycles. The molecule has 0 spiro atoms. The third-order valence-electron chi connectivity index (χ3n) is 3.22. The molecule has 0 amide bonds. The number of aromatic nitrogens is 2. The van der Waals surface area contributed by atoms with Gasteiger partial charge in [0.25, 0.3) is 5.56 Å². The van der Waals surface area contributed by atoms with E-state index in [1.165, 1.54) is 0 Å². The number of methoxy groups -OCH3 is 1. The quantitative estimate of drug-likeness (QED) is 0.776. The molecule has 0 aliphatic heterocycles. The molecule has 0 radical (unpaired) electrons. The fourth-order valence-electron chi connectivity index (χ4n) is 2.10. The molecule has 3 aromatic rings. The summed E-state index contributed by atoms with van der Waals surface area (Å²) in [4.78, 5) is 19.5. The van der Waals surface area contributed by atoms with E-state index in [4.69, 9.17) is 4.74 Å². The summed E-state index contributed by atoms with van der Waals surface area (Å²) in [5, 5.41) is 0. The molecule has 0 saturated carbocycles. The molecule has 20 heavy (non-hydrogen) atoms. The molecule has 4 heteroatoms. The number of hydrogen-bond donors (Lipinski definition) is 1. The highest BCUT2D eigenvalue weighted by molar-refractivity contribution is 5.78. The van der Waals surface area contributed by atoms with Gasteiger partial charge in [0.2, 0.25) is 0 Å². The zero-order valence-electron chi connectivity index (χ0n) is 11.3. The first-order valence-corrected chi connectivity index (χ1v) is 6.32.